The number of halogens is 2. The van der Waals surface area contributed by atoms with Gasteiger partial charge in [-0.25, -0.2) is 9.40 Å². The van der Waals surface area contributed by atoms with Gasteiger partial charge in [-0.15, -0.1) is 0 Å². The van der Waals surface area contributed by atoms with E-state index in [-0.39, 0.29) is 5.69 Å². The van der Waals surface area contributed by atoms with Crippen molar-refractivity contribution in [3.05, 3.63) is 77.5 Å². The SMILES string of the molecule is O=C(c1n[nH]c2ccc(-c3cccnc3F)cc12)N(Cl)c1ccc2c(c1)CNCC2. The van der Waals surface area contributed by atoms with Crippen molar-refractivity contribution in [1.29, 1.82) is 0 Å². The number of hydrogen-bond acceptors (Lipinski definition) is 4. The van der Waals surface area contributed by atoms with E-state index in [0.717, 1.165) is 29.5 Å². The number of aromatic nitrogens is 3. The van der Waals surface area contributed by atoms with Gasteiger partial charge in [0.05, 0.1) is 11.2 Å². The van der Waals surface area contributed by atoms with Crippen molar-refractivity contribution < 1.29 is 9.18 Å². The third-order valence-corrected chi connectivity index (χ3v) is 5.67. The van der Waals surface area contributed by atoms with E-state index in [2.05, 4.69) is 20.5 Å². The maximum Gasteiger partial charge on any atom is 0.294 e. The lowest BCUT2D eigenvalue weighted by molar-refractivity contribution is 0.100. The van der Waals surface area contributed by atoms with Gasteiger partial charge in [-0.1, -0.05) is 12.1 Å². The third-order valence-electron chi connectivity index (χ3n) is 5.32. The number of carbonyl (C=O) groups excluding carboxylic acids is 1. The molecule has 0 atom stereocenters. The van der Waals surface area contributed by atoms with Crippen molar-refractivity contribution >= 4 is 34.3 Å². The Labute approximate surface area is 176 Å². The summed E-state index contributed by atoms with van der Waals surface area (Å²) < 4.78 is 15.2. The summed E-state index contributed by atoms with van der Waals surface area (Å²) in [5.74, 6) is -1.04. The number of nitrogens with one attached hydrogen (secondary N) is 2. The molecule has 0 unspecified atom stereocenters. The highest BCUT2D eigenvalue weighted by Gasteiger charge is 2.23. The van der Waals surface area contributed by atoms with Gasteiger partial charge >= 0.3 is 0 Å². The topological polar surface area (TPSA) is 73.9 Å². The molecule has 0 saturated heterocycles. The lowest BCUT2D eigenvalue weighted by atomic mass is 10.0. The number of rotatable bonds is 3. The Bertz CT molecular complexity index is 1270. The van der Waals surface area contributed by atoms with Crippen LogP contribution in [0.5, 0.6) is 0 Å². The Hall–Kier alpha value is -3.29. The molecule has 30 heavy (non-hydrogen) atoms. The van der Waals surface area contributed by atoms with Crippen LogP contribution >= 0.6 is 11.8 Å². The lowest BCUT2D eigenvalue weighted by Gasteiger charge is -2.20. The number of aromatic amines is 1. The second kappa shape index (κ2) is 7.51. The highest BCUT2D eigenvalue weighted by Crippen LogP contribution is 2.29. The minimum Gasteiger partial charge on any atom is -0.312 e. The highest BCUT2D eigenvalue weighted by atomic mass is 35.5. The average Bonchev–Trinajstić information content (AvgIpc) is 3.21. The summed E-state index contributed by atoms with van der Waals surface area (Å²) in [5.41, 5.74) is 4.73. The van der Waals surface area contributed by atoms with E-state index in [0.29, 0.717) is 27.7 Å². The van der Waals surface area contributed by atoms with E-state index in [1.165, 1.54) is 11.8 Å². The molecule has 5 rings (SSSR count). The number of nitrogens with zero attached hydrogens (tertiary/aromatic N) is 3. The van der Waals surface area contributed by atoms with Crippen LogP contribution in [0.1, 0.15) is 21.6 Å². The molecule has 2 aromatic heterocycles. The van der Waals surface area contributed by atoms with Crippen LogP contribution in [0.2, 0.25) is 0 Å². The van der Waals surface area contributed by atoms with Crippen molar-refractivity contribution in [2.45, 2.75) is 13.0 Å². The molecule has 0 fully saturated rings. The Kier molecular flexibility index (Phi) is 4.69. The molecule has 0 aliphatic carbocycles. The first-order valence-electron chi connectivity index (χ1n) is 9.53. The van der Waals surface area contributed by atoms with Crippen LogP contribution < -0.4 is 9.74 Å². The number of fused-ring (bicyclic) bond motifs is 2. The van der Waals surface area contributed by atoms with Crippen molar-refractivity contribution in [3.63, 3.8) is 0 Å². The summed E-state index contributed by atoms with van der Waals surface area (Å²) in [7, 11) is 0. The molecule has 1 amide bonds. The van der Waals surface area contributed by atoms with E-state index in [4.69, 9.17) is 11.8 Å². The van der Waals surface area contributed by atoms with E-state index in [9.17, 15) is 9.18 Å². The maximum absolute atomic E-state index is 14.1. The Morgan fingerprint density at radius 2 is 2.03 bits per heavy atom. The van der Waals surface area contributed by atoms with Crippen LogP contribution in [0.25, 0.3) is 22.0 Å². The molecule has 3 heterocycles. The standard InChI is InChI=1S/C22H17ClFN5O/c23-29(16-5-3-13-7-9-25-12-15(13)10-16)22(30)20-18-11-14(4-6-19(18)27-28-20)17-2-1-8-26-21(17)24/h1-6,8,10-11,25H,7,9,12H2,(H,27,28). The number of anilines is 1. The van der Waals surface area contributed by atoms with E-state index in [1.54, 1.807) is 30.3 Å². The zero-order valence-electron chi connectivity index (χ0n) is 15.8. The molecule has 2 aromatic carbocycles. The molecule has 1 aliphatic rings. The normalized spacial score (nSPS) is 13.3. The minimum absolute atomic E-state index is 0.169. The third kappa shape index (κ3) is 3.22. The molecule has 0 bridgehead atoms. The summed E-state index contributed by atoms with van der Waals surface area (Å²) >= 11 is 6.41. The van der Waals surface area contributed by atoms with E-state index < -0.39 is 11.9 Å². The second-order valence-corrected chi connectivity index (χ2v) is 7.48. The molecule has 0 radical (unpaired) electrons. The van der Waals surface area contributed by atoms with Crippen molar-refractivity contribution in [2.75, 3.05) is 11.0 Å². The van der Waals surface area contributed by atoms with Crippen LogP contribution in [-0.4, -0.2) is 27.6 Å². The molecule has 2 N–H and O–H groups in total. The molecule has 0 saturated carbocycles. The first-order chi connectivity index (χ1) is 14.6. The van der Waals surface area contributed by atoms with Gasteiger partial charge in [0.2, 0.25) is 5.95 Å². The molecule has 150 valence electrons. The van der Waals surface area contributed by atoms with Crippen molar-refractivity contribution in [3.8, 4) is 11.1 Å². The van der Waals surface area contributed by atoms with E-state index >= 15 is 0 Å². The van der Waals surface area contributed by atoms with Gasteiger partial charge in [-0.05, 0) is 66.1 Å². The largest absolute Gasteiger partial charge is 0.312 e. The van der Waals surface area contributed by atoms with Crippen molar-refractivity contribution in [1.82, 2.24) is 20.5 Å². The molecule has 8 heteroatoms. The number of amides is 1. The number of H-pyrrole nitrogens is 1. The number of benzene rings is 2. The van der Waals surface area contributed by atoms with Gasteiger partial charge in [0.1, 0.15) is 0 Å². The predicted molar refractivity (Wildman–Crippen MR) is 114 cm³/mol. The molecular weight excluding hydrogens is 405 g/mol. The summed E-state index contributed by atoms with van der Waals surface area (Å²) in [4.78, 5) is 16.8. The van der Waals surface area contributed by atoms with Crippen LogP contribution in [0.4, 0.5) is 10.1 Å². The van der Waals surface area contributed by atoms with Gasteiger partial charge in [-0.3, -0.25) is 9.89 Å². The minimum atomic E-state index is -0.574. The van der Waals surface area contributed by atoms with Gasteiger partial charge in [-0.2, -0.15) is 9.49 Å². The van der Waals surface area contributed by atoms with E-state index in [1.807, 2.05) is 18.2 Å². The smallest absolute Gasteiger partial charge is 0.294 e. The average molecular weight is 422 g/mol. The first-order valence-corrected chi connectivity index (χ1v) is 9.87. The molecule has 0 spiro atoms. The van der Waals surface area contributed by atoms with Gasteiger partial charge in [0, 0.05) is 35.5 Å². The fourth-order valence-corrected chi connectivity index (χ4v) is 3.93. The molecule has 6 nitrogen and oxygen atoms in total. The Morgan fingerprint density at radius 1 is 1.13 bits per heavy atom. The van der Waals surface area contributed by atoms with Gasteiger partial charge in [0.15, 0.2) is 5.69 Å². The second-order valence-electron chi connectivity index (χ2n) is 7.14. The summed E-state index contributed by atoms with van der Waals surface area (Å²) in [6, 6.07) is 14.3. The fraction of sp³-hybridized carbons (Fsp3) is 0.136. The quantitative estimate of drug-likeness (QED) is 0.384. The number of pyridine rings is 1. The predicted octanol–water partition coefficient (Wildman–Crippen LogP) is 4.21. The molecule has 4 aromatic rings. The maximum atomic E-state index is 14.1. The summed E-state index contributed by atoms with van der Waals surface area (Å²) in [6.45, 7) is 1.68. The fourth-order valence-electron chi connectivity index (χ4n) is 3.75. The first kappa shape index (κ1) is 18.7. The molecular formula is C22H17ClFN5O. The van der Waals surface area contributed by atoms with Crippen LogP contribution in [0.15, 0.2) is 54.7 Å². The summed E-state index contributed by atoms with van der Waals surface area (Å²) in [5, 5.41) is 10.9. The van der Waals surface area contributed by atoms with Crippen LogP contribution in [0, 0.1) is 5.95 Å². The van der Waals surface area contributed by atoms with Crippen LogP contribution in [-0.2, 0) is 13.0 Å². The zero-order valence-corrected chi connectivity index (χ0v) is 16.6. The van der Waals surface area contributed by atoms with Gasteiger partial charge in [0.25, 0.3) is 5.91 Å². The molecule has 1 aliphatic heterocycles. The number of hydrogen-bond donors (Lipinski definition) is 2. The lowest BCUT2D eigenvalue weighted by Crippen LogP contribution is -2.25. The number of carbonyl (C=O) groups is 1. The van der Waals surface area contributed by atoms with Crippen molar-refractivity contribution in [2.24, 2.45) is 0 Å². The Morgan fingerprint density at radius 3 is 2.90 bits per heavy atom. The Balaban J connectivity index is 1.52. The monoisotopic (exact) mass is 421 g/mol. The highest BCUT2D eigenvalue weighted by molar-refractivity contribution is 6.40. The van der Waals surface area contributed by atoms with Gasteiger partial charge < -0.3 is 5.32 Å². The summed E-state index contributed by atoms with van der Waals surface area (Å²) in [6.07, 6.45) is 2.34. The zero-order chi connectivity index (χ0) is 20.7. The van der Waals surface area contributed by atoms with Crippen LogP contribution in [0.3, 0.4) is 0 Å².